The smallest absolute Gasteiger partial charge is 0.251 e. The Labute approximate surface area is 185 Å². The fraction of sp³-hybridized carbons (Fsp3) is 0.333. The number of carbonyl (C=O) groups is 3. The molecule has 3 aromatic rings. The van der Waals surface area contributed by atoms with E-state index in [-0.39, 0.29) is 30.3 Å². The standard InChI is InChI=1S/C24H25N5O3/c30-22-6-3-12-28(22)19-9-7-17(8-10-19)24(32)25-15-23(31)27-13-11-20(16-27)29-21-5-2-1-4-18(21)14-26-29/h1-2,4-5,7-10,14,20H,3,6,11-13,15-16H2,(H,25,32)/t20-/m1/s1. The number of benzene rings is 2. The minimum Gasteiger partial charge on any atom is -0.343 e. The van der Waals surface area contributed by atoms with Gasteiger partial charge in [0.25, 0.3) is 5.91 Å². The Morgan fingerprint density at radius 2 is 1.88 bits per heavy atom. The Morgan fingerprint density at radius 3 is 2.66 bits per heavy atom. The van der Waals surface area contributed by atoms with Crippen molar-refractivity contribution in [3.05, 3.63) is 60.3 Å². The highest BCUT2D eigenvalue weighted by atomic mass is 16.2. The Kier molecular flexibility index (Phi) is 5.34. The molecule has 5 rings (SSSR count). The van der Waals surface area contributed by atoms with Gasteiger partial charge < -0.3 is 15.1 Å². The molecule has 2 aliphatic rings. The Hall–Kier alpha value is -3.68. The second-order valence-electron chi connectivity index (χ2n) is 8.31. The monoisotopic (exact) mass is 431 g/mol. The molecule has 0 aliphatic carbocycles. The average molecular weight is 431 g/mol. The normalized spacial score (nSPS) is 18.5. The summed E-state index contributed by atoms with van der Waals surface area (Å²) in [5, 5.41) is 8.32. The van der Waals surface area contributed by atoms with Gasteiger partial charge in [0.15, 0.2) is 0 Å². The molecule has 8 nitrogen and oxygen atoms in total. The van der Waals surface area contributed by atoms with E-state index >= 15 is 0 Å². The van der Waals surface area contributed by atoms with Gasteiger partial charge in [-0.05, 0) is 43.2 Å². The van der Waals surface area contributed by atoms with Crippen LogP contribution in [-0.4, -0.2) is 58.6 Å². The van der Waals surface area contributed by atoms with Gasteiger partial charge in [-0.15, -0.1) is 0 Å². The summed E-state index contributed by atoms with van der Waals surface area (Å²) in [6, 6.07) is 15.1. The van der Waals surface area contributed by atoms with E-state index in [1.165, 1.54) is 0 Å². The molecular weight excluding hydrogens is 406 g/mol. The van der Waals surface area contributed by atoms with Crippen molar-refractivity contribution in [2.45, 2.75) is 25.3 Å². The van der Waals surface area contributed by atoms with Crippen molar-refractivity contribution >= 4 is 34.3 Å². The number of fused-ring (bicyclic) bond motifs is 1. The number of hydrogen-bond donors (Lipinski definition) is 1. The third kappa shape index (κ3) is 3.84. The average Bonchev–Trinajstić information content (AvgIpc) is 3.56. The zero-order valence-electron chi connectivity index (χ0n) is 17.7. The topological polar surface area (TPSA) is 87.5 Å². The van der Waals surface area contributed by atoms with Crippen molar-refractivity contribution < 1.29 is 14.4 Å². The fourth-order valence-corrected chi connectivity index (χ4v) is 4.53. The second kappa shape index (κ2) is 8.45. The minimum absolute atomic E-state index is 0.0439. The van der Waals surface area contributed by atoms with Gasteiger partial charge in [0.1, 0.15) is 0 Å². The molecule has 2 fully saturated rings. The molecule has 3 amide bonds. The molecule has 1 aromatic heterocycles. The van der Waals surface area contributed by atoms with Crippen molar-refractivity contribution in [3.63, 3.8) is 0 Å². The van der Waals surface area contributed by atoms with E-state index < -0.39 is 0 Å². The Morgan fingerprint density at radius 1 is 1.06 bits per heavy atom. The molecule has 0 saturated carbocycles. The summed E-state index contributed by atoms with van der Waals surface area (Å²) >= 11 is 0. The van der Waals surface area contributed by atoms with Crippen LogP contribution in [0.2, 0.25) is 0 Å². The Balaban J connectivity index is 1.15. The van der Waals surface area contributed by atoms with Crippen LogP contribution in [0.3, 0.4) is 0 Å². The number of nitrogens with zero attached hydrogens (tertiary/aromatic N) is 4. The fourth-order valence-electron chi connectivity index (χ4n) is 4.53. The van der Waals surface area contributed by atoms with Crippen LogP contribution in [0.15, 0.2) is 54.7 Å². The first-order valence-corrected chi connectivity index (χ1v) is 11.0. The van der Waals surface area contributed by atoms with E-state index in [1.54, 1.807) is 34.1 Å². The summed E-state index contributed by atoms with van der Waals surface area (Å²) in [4.78, 5) is 40.5. The van der Waals surface area contributed by atoms with E-state index in [2.05, 4.69) is 10.4 Å². The first-order chi connectivity index (χ1) is 15.6. The van der Waals surface area contributed by atoms with Gasteiger partial charge in [0.2, 0.25) is 11.8 Å². The number of amides is 3. The number of rotatable bonds is 5. The first-order valence-electron chi connectivity index (χ1n) is 11.0. The zero-order valence-corrected chi connectivity index (χ0v) is 17.7. The van der Waals surface area contributed by atoms with Crippen LogP contribution in [0.5, 0.6) is 0 Å². The van der Waals surface area contributed by atoms with Crippen molar-refractivity contribution in [1.29, 1.82) is 0 Å². The molecule has 2 saturated heterocycles. The summed E-state index contributed by atoms with van der Waals surface area (Å²) in [7, 11) is 0. The first kappa shape index (κ1) is 20.2. The molecule has 0 radical (unpaired) electrons. The molecule has 8 heteroatoms. The maximum Gasteiger partial charge on any atom is 0.251 e. The summed E-state index contributed by atoms with van der Waals surface area (Å²) in [5.41, 5.74) is 2.34. The zero-order chi connectivity index (χ0) is 22.1. The molecule has 0 bridgehead atoms. The third-order valence-corrected chi connectivity index (χ3v) is 6.28. The van der Waals surface area contributed by atoms with Crippen LogP contribution in [0, 0.1) is 0 Å². The number of para-hydroxylation sites is 1. The predicted octanol–water partition coefficient (Wildman–Crippen LogP) is 2.37. The summed E-state index contributed by atoms with van der Waals surface area (Å²) < 4.78 is 1.99. The molecule has 3 heterocycles. The van der Waals surface area contributed by atoms with Crippen LogP contribution in [-0.2, 0) is 9.59 Å². The van der Waals surface area contributed by atoms with E-state index in [9.17, 15) is 14.4 Å². The van der Waals surface area contributed by atoms with Crippen molar-refractivity contribution in [1.82, 2.24) is 20.0 Å². The third-order valence-electron chi connectivity index (χ3n) is 6.28. The lowest BCUT2D eigenvalue weighted by molar-refractivity contribution is -0.129. The van der Waals surface area contributed by atoms with Crippen LogP contribution in [0.1, 0.15) is 35.7 Å². The van der Waals surface area contributed by atoms with E-state index in [0.29, 0.717) is 31.6 Å². The number of hydrogen-bond acceptors (Lipinski definition) is 4. The molecule has 1 atom stereocenters. The lowest BCUT2D eigenvalue weighted by Crippen LogP contribution is -2.39. The second-order valence-corrected chi connectivity index (χ2v) is 8.31. The Bertz CT molecular complexity index is 1170. The quantitative estimate of drug-likeness (QED) is 0.672. The molecule has 2 aromatic carbocycles. The van der Waals surface area contributed by atoms with Crippen LogP contribution >= 0.6 is 0 Å². The highest BCUT2D eigenvalue weighted by Gasteiger charge is 2.29. The minimum atomic E-state index is -0.300. The van der Waals surface area contributed by atoms with Gasteiger partial charge in [-0.1, -0.05) is 18.2 Å². The number of anilines is 1. The van der Waals surface area contributed by atoms with Gasteiger partial charge in [-0.2, -0.15) is 5.10 Å². The summed E-state index contributed by atoms with van der Waals surface area (Å²) in [6.45, 7) is 1.90. The van der Waals surface area contributed by atoms with E-state index in [1.807, 2.05) is 35.1 Å². The van der Waals surface area contributed by atoms with Gasteiger partial charge in [0.05, 0.1) is 24.3 Å². The lowest BCUT2D eigenvalue weighted by atomic mass is 10.2. The molecule has 0 unspecified atom stereocenters. The largest absolute Gasteiger partial charge is 0.343 e. The van der Waals surface area contributed by atoms with Gasteiger partial charge >= 0.3 is 0 Å². The molecular formula is C24H25N5O3. The number of carbonyl (C=O) groups excluding carboxylic acids is 3. The number of likely N-dealkylation sites (tertiary alicyclic amines) is 1. The van der Waals surface area contributed by atoms with Gasteiger partial charge in [0, 0.05) is 42.7 Å². The summed E-state index contributed by atoms with van der Waals surface area (Å²) in [5.74, 6) is -0.289. The van der Waals surface area contributed by atoms with Crippen LogP contribution < -0.4 is 10.2 Å². The lowest BCUT2D eigenvalue weighted by Gasteiger charge is -2.18. The van der Waals surface area contributed by atoms with Crippen molar-refractivity contribution in [2.24, 2.45) is 0 Å². The van der Waals surface area contributed by atoms with E-state index in [4.69, 9.17) is 0 Å². The summed E-state index contributed by atoms with van der Waals surface area (Å²) in [6.07, 6.45) is 4.11. The van der Waals surface area contributed by atoms with Gasteiger partial charge in [-0.25, -0.2) is 0 Å². The van der Waals surface area contributed by atoms with Gasteiger partial charge in [-0.3, -0.25) is 19.1 Å². The van der Waals surface area contributed by atoms with Crippen molar-refractivity contribution in [2.75, 3.05) is 31.1 Å². The molecule has 164 valence electrons. The van der Waals surface area contributed by atoms with Crippen LogP contribution in [0.25, 0.3) is 10.9 Å². The highest BCUT2D eigenvalue weighted by Crippen LogP contribution is 2.25. The predicted molar refractivity (Wildman–Crippen MR) is 120 cm³/mol. The molecule has 2 aliphatic heterocycles. The number of aromatic nitrogens is 2. The maximum atomic E-state index is 12.7. The molecule has 32 heavy (non-hydrogen) atoms. The molecule has 1 N–H and O–H groups in total. The van der Waals surface area contributed by atoms with Crippen molar-refractivity contribution in [3.8, 4) is 0 Å². The SMILES string of the molecule is O=C(NCC(=O)N1CC[C@@H](n2ncc3ccccc32)C1)c1ccc(N2CCCC2=O)cc1. The van der Waals surface area contributed by atoms with E-state index in [0.717, 1.165) is 29.4 Å². The number of nitrogens with one attached hydrogen (secondary N) is 1. The maximum absolute atomic E-state index is 12.7. The highest BCUT2D eigenvalue weighted by molar-refractivity contribution is 5.98. The molecule has 0 spiro atoms. The van der Waals surface area contributed by atoms with Crippen LogP contribution in [0.4, 0.5) is 5.69 Å².